The maximum atomic E-state index is 3.42. The standard InChI is InChI=1S/C14H21N/c1-10-5-6-11-12(9-10)14(2,3)8-7-13(11)15-4/h5-6,9,13,15H,7-8H2,1-4H3. The average Bonchev–Trinajstić information content (AvgIpc) is 2.19. The number of hydrogen-bond donors (Lipinski definition) is 1. The lowest BCUT2D eigenvalue weighted by atomic mass is 9.70. The summed E-state index contributed by atoms with van der Waals surface area (Å²) in [5, 5.41) is 3.42. The maximum absolute atomic E-state index is 3.42. The average molecular weight is 203 g/mol. The zero-order valence-corrected chi connectivity index (χ0v) is 10.2. The van der Waals surface area contributed by atoms with Gasteiger partial charge in [-0.25, -0.2) is 0 Å². The third kappa shape index (κ3) is 1.81. The van der Waals surface area contributed by atoms with E-state index < -0.39 is 0 Å². The van der Waals surface area contributed by atoms with E-state index in [2.05, 4.69) is 51.3 Å². The van der Waals surface area contributed by atoms with Crippen molar-refractivity contribution in [3.05, 3.63) is 34.9 Å². The number of aryl methyl sites for hydroxylation is 1. The molecular formula is C14H21N. The fourth-order valence-corrected chi connectivity index (χ4v) is 2.66. The highest BCUT2D eigenvalue weighted by Crippen LogP contribution is 2.41. The van der Waals surface area contributed by atoms with Crippen LogP contribution >= 0.6 is 0 Å². The van der Waals surface area contributed by atoms with Crippen molar-refractivity contribution in [1.82, 2.24) is 5.32 Å². The highest BCUT2D eigenvalue weighted by Gasteiger charge is 2.31. The summed E-state index contributed by atoms with van der Waals surface area (Å²) >= 11 is 0. The molecule has 0 heterocycles. The second-order valence-corrected chi connectivity index (χ2v) is 5.35. The molecule has 0 bridgehead atoms. The SMILES string of the molecule is CNC1CCC(C)(C)c2cc(C)ccc21. The summed E-state index contributed by atoms with van der Waals surface area (Å²) in [6.07, 6.45) is 2.52. The third-order valence-electron chi connectivity index (χ3n) is 3.72. The van der Waals surface area contributed by atoms with Crippen LogP contribution in [0.2, 0.25) is 0 Å². The Hall–Kier alpha value is -0.820. The van der Waals surface area contributed by atoms with Crippen LogP contribution in [0.4, 0.5) is 0 Å². The second kappa shape index (κ2) is 3.64. The van der Waals surface area contributed by atoms with Crippen molar-refractivity contribution in [3.8, 4) is 0 Å². The smallest absolute Gasteiger partial charge is 0.0320 e. The van der Waals surface area contributed by atoms with Gasteiger partial charge < -0.3 is 5.32 Å². The molecule has 82 valence electrons. The van der Waals surface area contributed by atoms with Gasteiger partial charge in [-0.2, -0.15) is 0 Å². The Bertz CT molecular complexity index is 366. The van der Waals surface area contributed by atoms with Gasteiger partial charge in [-0.15, -0.1) is 0 Å². The molecule has 0 aliphatic heterocycles. The van der Waals surface area contributed by atoms with Crippen molar-refractivity contribution < 1.29 is 0 Å². The molecule has 1 aliphatic rings. The van der Waals surface area contributed by atoms with E-state index in [-0.39, 0.29) is 0 Å². The number of rotatable bonds is 1. The van der Waals surface area contributed by atoms with Gasteiger partial charge in [0.25, 0.3) is 0 Å². The molecule has 1 atom stereocenters. The molecule has 1 aliphatic carbocycles. The Kier molecular flexibility index (Phi) is 2.59. The minimum absolute atomic E-state index is 0.342. The Balaban J connectivity index is 2.53. The zero-order valence-electron chi connectivity index (χ0n) is 10.2. The van der Waals surface area contributed by atoms with Gasteiger partial charge in [0.1, 0.15) is 0 Å². The first-order valence-electron chi connectivity index (χ1n) is 5.83. The van der Waals surface area contributed by atoms with Gasteiger partial charge in [-0.3, -0.25) is 0 Å². The quantitative estimate of drug-likeness (QED) is 0.738. The van der Waals surface area contributed by atoms with Crippen LogP contribution in [0.1, 0.15) is 49.4 Å². The number of benzene rings is 1. The summed E-state index contributed by atoms with van der Waals surface area (Å²) in [5.41, 5.74) is 4.75. The molecule has 0 spiro atoms. The summed E-state index contributed by atoms with van der Waals surface area (Å²) in [6.45, 7) is 6.90. The minimum atomic E-state index is 0.342. The first-order chi connectivity index (χ1) is 7.04. The van der Waals surface area contributed by atoms with Crippen LogP contribution in [-0.4, -0.2) is 7.05 Å². The first kappa shape index (κ1) is 10.7. The van der Waals surface area contributed by atoms with Crippen molar-refractivity contribution in [2.45, 2.75) is 45.1 Å². The molecule has 2 rings (SSSR count). The van der Waals surface area contributed by atoms with E-state index in [1.54, 1.807) is 0 Å². The second-order valence-electron chi connectivity index (χ2n) is 5.35. The number of hydrogen-bond acceptors (Lipinski definition) is 1. The molecule has 1 N–H and O–H groups in total. The number of nitrogens with one attached hydrogen (secondary N) is 1. The lowest BCUT2D eigenvalue weighted by Crippen LogP contribution is -2.31. The van der Waals surface area contributed by atoms with Gasteiger partial charge in [0, 0.05) is 6.04 Å². The third-order valence-corrected chi connectivity index (χ3v) is 3.72. The normalized spacial score (nSPS) is 23.6. The summed E-state index contributed by atoms with van der Waals surface area (Å²) in [7, 11) is 2.06. The van der Waals surface area contributed by atoms with E-state index in [9.17, 15) is 0 Å². The maximum Gasteiger partial charge on any atom is 0.0320 e. The van der Waals surface area contributed by atoms with Crippen LogP contribution < -0.4 is 5.32 Å². The van der Waals surface area contributed by atoms with Gasteiger partial charge in [0.2, 0.25) is 0 Å². The molecule has 1 nitrogen and oxygen atoms in total. The Morgan fingerprint density at radius 3 is 2.73 bits per heavy atom. The summed E-state index contributed by atoms with van der Waals surface area (Å²) < 4.78 is 0. The van der Waals surface area contributed by atoms with Crippen LogP contribution in [0.25, 0.3) is 0 Å². The van der Waals surface area contributed by atoms with Crippen molar-refractivity contribution in [1.29, 1.82) is 0 Å². The largest absolute Gasteiger partial charge is 0.313 e. The molecule has 0 fully saturated rings. The molecule has 1 aromatic carbocycles. The molecule has 0 saturated carbocycles. The Labute approximate surface area is 92.9 Å². The molecule has 15 heavy (non-hydrogen) atoms. The Morgan fingerprint density at radius 2 is 2.07 bits per heavy atom. The fraction of sp³-hybridized carbons (Fsp3) is 0.571. The Morgan fingerprint density at radius 1 is 1.33 bits per heavy atom. The fourth-order valence-electron chi connectivity index (χ4n) is 2.66. The summed E-state index contributed by atoms with van der Waals surface area (Å²) in [6, 6.07) is 7.43. The topological polar surface area (TPSA) is 12.0 Å². The molecule has 1 heteroatoms. The molecule has 0 amide bonds. The molecule has 1 aromatic rings. The van der Waals surface area contributed by atoms with Gasteiger partial charge in [-0.05, 0) is 43.4 Å². The highest BCUT2D eigenvalue weighted by atomic mass is 14.9. The number of fused-ring (bicyclic) bond motifs is 1. The molecule has 0 radical (unpaired) electrons. The first-order valence-corrected chi connectivity index (χ1v) is 5.83. The van der Waals surface area contributed by atoms with Gasteiger partial charge >= 0.3 is 0 Å². The van der Waals surface area contributed by atoms with Crippen LogP contribution in [0, 0.1) is 6.92 Å². The van der Waals surface area contributed by atoms with E-state index >= 15 is 0 Å². The molecular weight excluding hydrogens is 182 g/mol. The van der Waals surface area contributed by atoms with E-state index in [4.69, 9.17) is 0 Å². The van der Waals surface area contributed by atoms with Crippen LogP contribution in [-0.2, 0) is 5.41 Å². The summed E-state index contributed by atoms with van der Waals surface area (Å²) in [4.78, 5) is 0. The van der Waals surface area contributed by atoms with Crippen molar-refractivity contribution >= 4 is 0 Å². The molecule has 0 aromatic heterocycles. The van der Waals surface area contributed by atoms with Gasteiger partial charge in [0.05, 0.1) is 0 Å². The van der Waals surface area contributed by atoms with E-state index in [0.29, 0.717) is 11.5 Å². The summed E-state index contributed by atoms with van der Waals surface area (Å²) in [5.74, 6) is 0. The van der Waals surface area contributed by atoms with Crippen LogP contribution in [0.15, 0.2) is 18.2 Å². The zero-order chi connectivity index (χ0) is 11.1. The van der Waals surface area contributed by atoms with Crippen LogP contribution in [0.5, 0.6) is 0 Å². The monoisotopic (exact) mass is 203 g/mol. The van der Waals surface area contributed by atoms with Crippen molar-refractivity contribution in [2.24, 2.45) is 0 Å². The minimum Gasteiger partial charge on any atom is -0.313 e. The van der Waals surface area contributed by atoms with Gasteiger partial charge in [0.15, 0.2) is 0 Å². The van der Waals surface area contributed by atoms with Crippen molar-refractivity contribution in [2.75, 3.05) is 7.05 Å². The van der Waals surface area contributed by atoms with E-state index in [1.807, 2.05) is 0 Å². The van der Waals surface area contributed by atoms with E-state index in [1.165, 1.54) is 29.5 Å². The molecule has 1 unspecified atom stereocenters. The lowest BCUT2D eigenvalue weighted by molar-refractivity contribution is 0.370. The highest BCUT2D eigenvalue weighted by molar-refractivity contribution is 5.40. The van der Waals surface area contributed by atoms with Crippen LogP contribution in [0.3, 0.4) is 0 Å². The van der Waals surface area contributed by atoms with Crippen molar-refractivity contribution in [3.63, 3.8) is 0 Å². The van der Waals surface area contributed by atoms with Gasteiger partial charge in [-0.1, -0.05) is 37.6 Å². The lowest BCUT2D eigenvalue weighted by Gasteiger charge is -2.37. The predicted molar refractivity (Wildman–Crippen MR) is 65.2 cm³/mol. The van der Waals surface area contributed by atoms with E-state index in [0.717, 1.165) is 0 Å². The molecule has 0 saturated heterocycles. The predicted octanol–water partition coefficient (Wildman–Crippen LogP) is 3.33.